The van der Waals surface area contributed by atoms with Gasteiger partial charge in [0.2, 0.25) is 5.91 Å². The van der Waals surface area contributed by atoms with Gasteiger partial charge < -0.3 is 10.1 Å². The number of ether oxygens (including phenoxy) is 1. The molecule has 0 bridgehead atoms. The molecule has 154 valence electrons. The third kappa shape index (κ3) is 5.34. The molecule has 0 aliphatic carbocycles. The van der Waals surface area contributed by atoms with E-state index in [-0.39, 0.29) is 24.2 Å². The van der Waals surface area contributed by atoms with Gasteiger partial charge in [0.1, 0.15) is 5.82 Å². The Morgan fingerprint density at radius 2 is 1.90 bits per heavy atom. The van der Waals surface area contributed by atoms with Crippen molar-refractivity contribution in [2.45, 2.75) is 26.3 Å². The number of likely N-dealkylation sites (tertiary alicyclic amines) is 1. The summed E-state index contributed by atoms with van der Waals surface area (Å²) in [6.45, 7) is 3.77. The standard InChI is InChI=1S/C22H24ClFN2O3/c1-2-29-22(28)16-6-3-4-9-20(16)25-21(27)15-10-12-26(13-11-15)14-17-18(23)7-5-8-19(17)24/h3-9,15H,2,10-14H2,1H3,(H,25,27). The fourth-order valence-electron chi connectivity index (χ4n) is 3.47. The van der Waals surface area contributed by atoms with Gasteiger partial charge in [0.15, 0.2) is 0 Å². The maximum Gasteiger partial charge on any atom is 0.340 e. The van der Waals surface area contributed by atoms with Gasteiger partial charge in [-0.2, -0.15) is 0 Å². The van der Waals surface area contributed by atoms with E-state index in [2.05, 4.69) is 10.2 Å². The molecule has 1 amide bonds. The Bertz CT molecular complexity index is 862. The van der Waals surface area contributed by atoms with Crippen LogP contribution < -0.4 is 5.32 Å². The monoisotopic (exact) mass is 418 g/mol. The van der Waals surface area contributed by atoms with Crippen molar-refractivity contribution in [3.8, 4) is 0 Å². The smallest absolute Gasteiger partial charge is 0.340 e. The lowest BCUT2D eigenvalue weighted by atomic mass is 9.95. The molecule has 0 unspecified atom stereocenters. The summed E-state index contributed by atoms with van der Waals surface area (Å²) in [6, 6.07) is 11.5. The molecule has 0 spiro atoms. The van der Waals surface area contributed by atoms with E-state index in [0.717, 1.165) is 0 Å². The van der Waals surface area contributed by atoms with E-state index < -0.39 is 5.97 Å². The first-order valence-corrected chi connectivity index (χ1v) is 10.1. The number of rotatable bonds is 6. The van der Waals surface area contributed by atoms with E-state index in [1.807, 2.05) is 0 Å². The number of halogens is 2. The van der Waals surface area contributed by atoms with E-state index in [0.29, 0.717) is 54.3 Å². The number of carbonyl (C=O) groups is 2. The molecule has 1 N–H and O–H groups in total. The largest absolute Gasteiger partial charge is 0.462 e. The highest BCUT2D eigenvalue weighted by Crippen LogP contribution is 2.25. The highest BCUT2D eigenvalue weighted by atomic mass is 35.5. The van der Waals surface area contributed by atoms with Crippen molar-refractivity contribution >= 4 is 29.2 Å². The zero-order chi connectivity index (χ0) is 20.8. The van der Waals surface area contributed by atoms with Gasteiger partial charge in [-0.05, 0) is 57.1 Å². The van der Waals surface area contributed by atoms with E-state index >= 15 is 0 Å². The van der Waals surface area contributed by atoms with Gasteiger partial charge in [-0.1, -0.05) is 29.8 Å². The summed E-state index contributed by atoms with van der Waals surface area (Å²) >= 11 is 6.11. The summed E-state index contributed by atoms with van der Waals surface area (Å²) in [5.74, 6) is -1.06. The van der Waals surface area contributed by atoms with Crippen LogP contribution in [-0.4, -0.2) is 36.5 Å². The van der Waals surface area contributed by atoms with Crippen molar-refractivity contribution in [3.63, 3.8) is 0 Å². The lowest BCUT2D eigenvalue weighted by Gasteiger charge is -2.31. The van der Waals surface area contributed by atoms with Gasteiger partial charge in [-0.15, -0.1) is 0 Å². The summed E-state index contributed by atoms with van der Waals surface area (Å²) in [4.78, 5) is 26.9. The molecule has 0 aromatic heterocycles. The molecular weight excluding hydrogens is 395 g/mol. The van der Waals surface area contributed by atoms with Gasteiger partial charge in [-0.3, -0.25) is 9.69 Å². The van der Waals surface area contributed by atoms with Crippen LogP contribution in [0.2, 0.25) is 5.02 Å². The molecule has 29 heavy (non-hydrogen) atoms. The van der Waals surface area contributed by atoms with Crippen molar-refractivity contribution < 1.29 is 18.7 Å². The van der Waals surface area contributed by atoms with Gasteiger partial charge in [0, 0.05) is 23.0 Å². The molecule has 1 saturated heterocycles. The first kappa shape index (κ1) is 21.3. The summed E-state index contributed by atoms with van der Waals surface area (Å²) in [5, 5.41) is 3.28. The molecule has 1 aliphatic rings. The molecule has 1 fully saturated rings. The third-order valence-corrected chi connectivity index (χ3v) is 5.44. The number of hydrogen-bond acceptors (Lipinski definition) is 4. The summed E-state index contributed by atoms with van der Waals surface area (Å²) < 4.78 is 19.0. The molecule has 0 atom stereocenters. The number of para-hydroxylation sites is 1. The fourth-order valence-corrected chi connectivity index (χ4v) is 3.70. The van der Waals surface area contributed by atoms with Crippen LogP contribution >= 0.6 is 11.6 Å². The molecule has 2 aromatic rings. The topological polar surface area (TPSA) is 58.6 Å². The fraction of sp³-hybridized carbons (Fsp3) is 0.364. The van der Waals surface area contributed by atoms with Crippen molar-refractivity contribution in [2.24, 2.45) is 5.92 Å². The van der Waals surface area contributed by atoms with Crippen LogP contribution in [0.5, 0.6) is 0 Å². The predicted molar refractivity (Wildman–Crippen MR) is 110 cm³/mol. The number of piperidine rings is 1. The number of nitrogens with zero attached hydrogens (tertiary/aromatic N) is 1. The minimum absolute atomic E-state index is 0.120. The maximum absolute atomic E-state index is 14.0. The molecule has 0 radical (unpaired) electrons. The number of anilines is 1. The van der Waals surface area contributed by atoms with E-state index in [1.165, 1.54) is 6.07 Å². The van der Waals surface area contributed by atoms with Crippen LogP contribution in [0, 0.1) is 11.7 Å². The van der Waals surface area contributed by atoms with Crippen LogP contribution in [0.25, 0.3) is 0 Å². The minimum Gasteiger partial charge on any atom is -0.462 e. The van der Waals surface area contributed by atoms with Gasteiger partial charge in [0.05, 0.1) is 17.9 Å². The second-order valence-electron chi connectivity index (χ2n) is 7.01. The Kier molecular flexibility index (Phi) is 7.23. The van der Waals surface area contributed by atoms with Crippen LogP contribution in [0.4, 0.5) is 10.1 Å². The lowest BCUT2D eigenvalue weighted by molar-refractivity contribution is -0.121. The number of hydrogen-bond donors (Lipinski definition) is 1. The minimum atomic E-state index is -0.458. The van der Waals surface area contributed by atoms with Crippen LogP contribution in [0.3, 0.4) is 0 Å². The number of amides is 1. The summed E-state index contributed by atoms with van der Waals surface area (Å²) in [6.07, 6.45) is 1.30. The highest BCUT2D eigenvalue weighted by Gasteiger charge is 2.27. The highest BCUT2D eigenvalue weighted by molar-refractivity contribution is 6.31. The Balaban J connectivity index is 1.58. The molecular formula is C22H24ClFN2O3. The first-order chi connectivity index (χ1) is 14.0. The van der Waals surface area contributed by atoms with Gasteiger partial charge in [-0.25, -0.2) is 9.18 Å². The number of nitrogens with one attached hydrogen (secondary N) is 1. The number of esters is 1. The number of benzene rings is 2. The third-order valence-electron chi connectivity index (χ3n) is 5.08. The zero-order valence-electron chi connectivity index (χ0n) is 16.3. The molecule has 1 aliphatic heterocycles. The van der Waals surface area contributed by atoms with Crippen molar-refractivity contribution in [3.05, 3.63) is 64.4 Å². The van der Waals surface area contributed by atoms with Crippen LogP contribution in [-0.2, 0) is 16.1 Å². The SMILES string of the molecule is CCOC(=O)c1ccccc1NC(=O)C1CCN(Cc2c(F)cccc2Cl)CC1. The molecule has 0 saturated carbocycles. The van der Waals surface area contributed by atoms with Crippen molar-refractivity contribution in [1.29, 1.82) is 0 Å². The predicted octanol–water partition coefficient (Wildman–Crippen LogP) is 4.51. The first-order valence-electron chi connectivity index (χ1n) is 9.71. The van der Waals surface area contributed by atoms with E-state index in [1.54, 1.807) is 43.3 Å². The molecule has 3 rings (SSSR count). The summed E-state index contributed by atoms with van der Waals surface area (Å²) in [7, 11) is 0. The zero-order valence-corrected chi connectivity index (χ0v) is 17.0. The van der Waals surface area contributed by atoms with Crippen molar-refractivity contribution in [1.82, 2.24) is 4.90 Å². The van der Waals surface area contributed by atoms with Gasteiger partial charge in [0.25, 0.3) is 0 Å². The van der Waals surface area contributed by atoms with E-state index in [4.69, 9.17) is 16.3 Å². The molecule has 5 nitrogen and oxygen atoms in total. The number of carbonyl (C=O) groups excluding carboxylic acids is 2. The average molecular weight is 419 g/mol. The molecule has 2 aromatic carbocycles. The van der Waals surface area contributed by atoms with Crippen molar-refractivity contribution in [2.75, 3.05) is 25.0 Å². The maximum atomic E-state index is 14.0. The normalized spacial score (nSPS) is 15.1. The second-order valence-corrected chi connectivity index (χ2v) is 7.41. The Morgan fingerprint density at radius 3 is 2.59 bits per heavy atom. The quantitative estimate of drug-likeness (QED) is 0.701. The van der Waals surface area contributed by atoms with Gasteiger partial charge >= 0.3 is 5.97 Å². The second kappa shape index (κ2) is 9.85. The Labute approximate surface area is 174 Å². The molecule has 7 heteroatoms. The van der Waals surface area contributed by atoms with E-state index in [9.17, 15) is 14.0 Å². The van der Waals surface area contributed by atoms with Crippen LogP contribution in [0.15, 0.2) is 42.5 Å². The lowest BCUT2D eigenvalue weighted by Crippen LogP contribution is -2.38. The molecule has 1 heterocycles. The Hall–Kier alpha value is -2.44. The van der Waals surface area contributed by atoms with Crippen LogP contribution in [0.1, 0.15) is 35.7 Å². The average Bonchev–Trinajstić information content (AvgIpc) is 2.72. The Morgan fingerprint density at radius 1 is 1.17 bits per heavy atom. The summed E-state index contributed by atoms with van der Waals surface area (Å²) in [5.41, 5.74) is 1.28.